The molecule has 0 aliphatic carbocycles. The Morgan fingerprint density at radius 2 is 2.08 bits per heavy atom. The van der Waals surface area contributed by atoms with E-state index in [0.717, 1.165) is 32.7 Å². The molecule has 0 aliphatic rings. The number of hydrogen-bond donors (Lipinski definition) is 2. The van der Waals surface area contributed by atoms with Crippen LogP contribution in [0.25, 0.3) is 11.4 Å². The Labute approximate surface area is 146 Å². The van der Waals surface area contributed by atoms with Gasteiger partial charge in [0.25, 0.3) is 0 Å². The molecule has 2 heterocycles. The van der Waals surface area contributed by atoms with Gasteiger partial charge in [0.05, 0.1) is 24.5 Å². The van der Waals surface area contributed by atoms with E-state index >= 15 is 0 Å². The van der Waals surface area contributed by atoms with E-state index in [1.807, 2.05) is 27.7 Å². The Balaban J connectivity index is 2.34. The van der Waals surface area contributed by atoms with Gasteiger partial charge in [-0.05, 0) is 40.2 Å². The number of rotatable bonds is 7. The van der Waals surface area contributed by atoms with Crippen molar-refractivity contribution in [1.29, 1.82) is 0 Å². The minimum Gasteiger partial charge on any atom is -0.462 e. The van der Waals surface area contributed by atoms with Crippen LogP contribution in [0.5, 0.6) is 0 Å². The maximum Gasteiger partial charge on any atom is 0.340 e. The summed E-state index contributed by atoms with van der Waals surface area (Å²) in [6.45, 7) is 10.7. The normalized spacial score (nSPS) is 12.2. The molecule has 24 heavy (non-hydrogen) atoms. The van der Waals surface area contributed by atoms with Gasteiger partial charge in [-0.3, -0.25) is 0 Å². The van der Waals surface area contributed by atoms with Crippen LogP contribution in [-0.2, 0) is 9.47 Å². The zero-order chi connectivity index (χ0) is 17.9. The van der Waals surface area contributed by atoms with Crippen molar-refractivity contribution >= 4 is 22.4 Å². The number of nitrogens with one attached hydrogen (secondary N) is 2. The van der Waals surface area contributed by atoms with Crippen LogP contribution in [-0.4, -0.2) is 42.3 Å². The molecule has 0 fully saturated rings. The lowest BCUT2D eigenvalue weighted by Crippen LogP contribution is -2.20. The van der Waals surface area contributed by atoms with Gasteiger partial charge in [0.2, 0.25) is 0 Å². The van der Waals surface area contributed by atoms with Crippen LogP contribution in [0, 0.1) is 20.8 Å². The van der Waals surface area contributed by atoms with Crippen molar-refractivity contribution in [3.8, 4) is 11.4 Å². The first-order valence-electron chi connectivity index (χ1n) is 7.98. The molecule has 0 radical (unpaired) electrons. The molecule has 2 N–H and O–H groups in total. The van der Waals surface area contributed by atoms with Gasteiger partial charge < -0.3 is 19.8 Å². The molecule has 0 bridgehead atoms. The fourth-order valence-corrected chi connectivity index (χ4v) is 3.62. The number of methoxy groups -OCH3 is 1. The fourth-order valence-electron chi connectivity index (χ4n) is 2.69. The van der Waals surface area contributed by atoms with Crippen LogP contribution >= 0.6 is 11.3 Å². The van der Waals surface area contributed by atoms with E-state index in [-0.39, 0.29) is 12.0 Å². The number of H-pyrrole nitrogens is 1. The van der Waals surface area contributed by atoms with E-state index in [4.69, 9.17) is 14.5 Å². The molecule has 1 atom stereocenters. The monoisotopic (exact) mass is 351 g/mol. The maximum absolute atomic E-state index is 12.2. The lowest BCUT2D eigenvalue weighted by molar-refractivity contribution is 0.0525. The lowest BCUT2D eigenvalue weighted by atomic mass is 10.1. The van der Waals surface area contributed by atoms with Gasteiger partial charge in [-0.25, -0.2) is 9.78 Å². The summed E-state index contributed by atoms with van der Waals surface area (Å²) in [4.78, 5) is 21.2. The molecule has 0 spiro atoms. The summed E-state index contributed by atoms with van der Waals surface area (Å²) in [5, 5.41) is 4.18. The third-order valence-electron chi connectivity index (χ3n) is 3.74. The van der Waals surface area contributed by atoms with Gasteiger partial charge in [-0.2, -0.15) is 0 Å². The number of nitrogens with zero attached hydrogens (tertiary/aromatic N) is 1. The molecule has 2 aromatic heterocycles. The topological polar surface area (TPSA) is 76.2 Å². The van der Waals surface area contributed by atoms with Crippen molar-refractivity contribution in [2.45, 2.75) is 40.7 Å². The number of thiazole rings is 1. The SMILES string of the molecule is CCOC(=O)c1c(C)[nH]c(-c2nc(N[C@@H](C)COC)sc2C)c1C. The first-order valence-corrected chi connectivity index (χ1v) is 8.80. The van der Waals surface area contributed by atoms with Gasteiger partial charge >= 0.3 is 5.97 Å². The largest absolute Gasteiger partial charge is 0.462 e. The number of aromatic amines is 1. The Kier molecular flexibility index (Phi) is 6.01. The summed E-state index contributed by atoms with van der Waals surface area (Å²) in [6.07, 6.45) is 0. The third kappa shape index (κ3) is 3.79. The van der Waals surface area contributed by atoms with Crippen LogP contribution in [0.1, 0.15) is 40.3 Å². The van der Waals surface area contributed by atoms with Crippen molar-refractivity contribution < 1.29 is 14.3 Å². The van der Waals surface area contributed by atoms with Gasteiger partial charge in [-0.15, -0.1) is 11.3 Å². The maximum atomic E-state index is 12.2. The molecule has 2 rings (SSSR count). The first-order chi connectivity index (χ1) is 11.4. The van der Waals surface area contributed by atoms with Gasteiger partial charge in [-0.1, -0.05) is 0 Å². The van der Waals surface area contributed by atoms with Crippen molar-refractivity contribution in [2.75, 3.05) is 25.6 Å². The molecule has 0 saturated heterocycles. The summed E-state index contributed by atoms with van der Waals surface area (Å²) >= 11 is 1.59. The predicted octanol–water partition coefficient (Wildman–Crippen LogP) is 3.69. The highest BCUT2D eigenvalue weighted by atomic mass is 32.1. The standard InChI is InChI=1S/C17H25N3O3S/c1-7-23-16(21)13-10(3)14(19-11(13)4)15-12(5)24-17(20-15)18-9(2)8-22-6/h9,19H,7-8H2,1-6H3,(H,18,20)/t9-/m0/s1. The molecule has 6 nitrogen and oxygen atoms in total. The molecule has 0 saturated carbocycles. The van der Waals surface area contributed by atoms with Gasteiger partial charge in [0, 0.05) is 23.7 Å². The molecule has 0 aliphatic heterocycles. The highest BCUT2D eigenvalue weighted by Gasteiger charge is 2.23. The Morgan fingerprint density at radius 3 is 2.71 bits per heavy atom. The average molecular weight is 351 g/mol. The van der Waals surface area contributed by atoms with E-state index in [0.29, 0.717) is 18.8 Å². The quantitative estimate of drug-likeness (QED) is 0.744. The van der Waals surface area contributed by atoms with E-state index in [1.54, 1.807) is 25.4 Å². The molecular weight excluding hydrogens is 326 g/mol. The Hall–Kier alpha value is -1.86. The van der Waals surface area contributed by atoms with E-state index < -0.39 is 0 Å². The Morgan fingerprint density at radius 1 is 1.38 bits per heavy atom. The van der Waals surface area contributed by atoms with Crippen molar-refractivity contribution in [3.63, 3.8) is 0 Å². The van der Waals surface area contributed by atoms with E-state index in [1.165, 1.54) is 0 Å². The van der Waals surface area contributed by atoms with Crippen LogP contribution in [0.3, 0.4) is 0 Å². The molecule has 0 unspecified atom stereocenters. The number of ether oxygens (including phenoxy) is 2. The van der Waals surface area contributed by atoms with Crippen molar-refractivity contribution in [3.05, 3.63) is 21.7 Å². The fraction of sp³-hybridized carbons (Fsp3) is 0.529. The molecule has 0 amide bonds. The molecule has 7 heteroatoms. The first kappa shape index (κ1) is 18.5. The number of esters is 1. The highest BCUT2D eigenvalue weighted by Crippen LogP contribution is 2.34. The van der Waals surface area contributed by atoms with Crippen molar-refractivity contribution in [2.24, 2.45) is 0 Å². The number of hydrogen-bond acceptors (Lipinski definition) is 6. The van der Waals surface area contributed by atoms with Crippen LogP contribution < -0.4 is 5.32 Å². The highest BCUT2D eigenvalue weighted by molar-refractivity contribution is 7.16. The van der Waals surface area contributed by atoms with E-state index in [9.17, 15) is 4.79 Å². The van der Waals surface area contributed by atoms with Gasteiger partial charge in [0.15, 0.2) is 5.13 Å². The minimum absolute atomic E-state index is 0.176. The molecule has 132 valence electrons. The Bertz CT molecular complexity index is 721. The summed E-state index contributed by atoms with van der Waals surface area (Å²) in [5.41, 5.74) is 4.01. The van der Waals surface area contributed by atoms with Crippen LogP contribution in [0.2, 0.25) is 0 Å². The number of anilines is 1. The molecular formula is C17H25N3O3S. The predicted molar refractivity (Wildman–Crippen MR) is 97.0 cm³/mol. The van der Waals surface area contributed by atoms with Crippen molar-refractivity contribution in [1.82, 2.24) is 9.97 Å². The second-order valence-corrected chi connectivity index (χ2v) is 6.97. The minimum atomic E-state index is -0.296. The average Bonchev–Trinajstić information content (AvgIpc) is 2.99. The number of aromatic nitrogens is 2. The smallest absolute Gasteiger partial charge is 0.340 e. The number of aryl methyl sites for hydroxylation is 2. The second kappa shape index (κ2) is 7.81. The summed E-state index contributed by atoms with van der Waals surface area (Å²) < 4.78 is 10.3. The van der Waals surface area contributed by atoms with Gasteiger partial charge in [0.1, 0.15) is 5.69 Å². The second-order valence-electron chi connectivity index (χ2n) is 5.77. The summed E-state index contributed by atoms with van der Waals surface area (Å²) in [7, 11) is 1.68. The number of carbonyl (C=O) groups excluding carboxylic acids is 1. The molecule has 2 aromatic rings. The van der Waals surface area contributed by atoms with Crippen LogP contribution in [0.4, 0.5) is 5.13 Å². The number of carbonyl (C=O) groups is 1. The van der Waals surface area contributed by atoms with E-state index in [2.05, 4.69) is 10.3 Å². The van der Waals surface area contributed by atoms with Crippen LogP contribution in [0.15, 0.2) is 0 Å². The zero-order valence-corrected chi connectivity index (χ0v) is 15.9. The summed E-state index contributed by atoms with van der Waals surface area (Å²) in [6, 6.07) is 0.176. The summed E-state index contributed by atoms with van der Waals surface area (Å²) in [5.74, 6) is -0.296. The lowest BCUT2D eigenvalue weighted by Gasteiger charge is -2.10. The molecule has 0 aromatic carbocycles. The third-order valence-corrected chi connectivity index (χ3v) is 4.64. The zero-order valence-electron chi connectivity index (χ0n) is 15.1.